The standard InChI is InChI=1S/C17H19N3O/c1-11-5-3-6-12(2)15(11)20-17(21)13-7-4-8-14-16(13)19-10-9-18-14/h3-8,18-19H,9-10H2,1-2H3,(H,20,21). The Morgan fingerprint density at radius 3 is 2.43 bits per heavy atom. The van der Waals surface area contributed by atoms with Gasteiger partial charge in [0.2, 0.25) is 0 Å². The van der Waals surface area contributed by atoms with Crippen LogP contribution in [0.1, 0.15) is 21.5 Å². The Labute approximate surface area is 124 Å². The molecule has 1 aliphatic rings. The van der Waals surface area contributed by atoms with E-state index in [1.807, 2.05) is 50.2 Å². The van der Waals surface area contributed by atoms with E-state index in [2.05, 4.69) is 16.0 Å². The van der Waals surface area contributed by atoms with Crippen molar-refractivity contribution in [1.82, 2.24) is 0 Å². The number of carbonyl (C=O) groups excluding carboxylic acids is 1. The van der Waals surface area contributed by atoms with Crippen molar-refractivity contribution in [3.8, 4) is 0 Å². The molecule has 0 saturated carbocycles. The van der Waals surface area contributed by atoms with Crippen molar-refractivity contribution < 1.29 is 4.79 Å². The lowest BCUT2D eigenvalue weighted by atomic mass is 10.1. The Morgan fingerprint density at radius 2 is 1.67 bits per heavy atom. The zero-order valence-corrected chi connectivity index (χ0v) is 12.3. The normalized spacial score (nSPS) is 12.9. The van der Waals surface area contributed by atoms with Gasteiger partial charge in [-0.1, -0.05) is 24.3 Å². The zero-order valence-electron chi connectivity index (χ0n) is 12.3. The van der Waals surface area contributed by atoms with Crippen molar-refractivity contribution in [1.29, 1.82) is 0 Å². The first-order chi connectivity index (χ1) is 10.2. The number of carbonyl (C=O) groups is 1. The number of hydrogen-bond donors (Lipinski definition) is 3. The topological polar surface area (TPSA) is 53.2 Å². The molecule has 0 radical (unpaired) electrons. The van der Waals surface area contributed by atoms with E-state index in [1.54, 1.807) is 0 Å². The lowest BCUT2D eigenvalue weighted by Gasteiger charge is -2.22. The number of para-hydroxylation sites is 2. The average Bonchev–Trinajstić information content (AvgIpc) is 2.50. The second kappa shape index (κ2) is 5.48. The molecule has 4 heteroatoms. The highest BCUT2D eigenvalue weighted by atomic mass is 16.1. The number of amides is 1. The summed E-state index contributed by atoms with van der Waals surface area (Å²) in [6.07, 6.45) is 0. The van der Waals surface area contributed by atoms with Crippen LogP contribution in [-0.4, -0.2) is 19.0 Å². The monoisotopic (exact) mass is 281 g/mol. The molecular weight excluding hydrogens is 262 g/mol. The highest BCUT2D eigenvalue weighted by Crippen LogP contribution is 2.29. The van der Waals surface area contributed by atoms with E-state index in [0.29, 0.717) is 5.56 Å². The van der Waals surface area contributed by atoms with Gasteiger partial charge in [-0.15, -0.1) is 0 Å². The van der Waals surface area contributed by atoms with E-state index in [-0.39, 0.29) is 5.91 Å². The van der Waals surface area contributed by atoms with Gasteiger partial charge in [0.1, 0.15) is 0 Å². The Balaban J connectivity index is 1.93. The Bertz CT molecular complexity index is 674. The Hall–Kier alpha value is -2.49. The molecule has 0 fully saturated rings. The van der Waals surface area contributed by atoms with Crippen molar-refractivity contribution in [2.45, 2.75) is 13.8 Å². The molecular formula is C17H19N3O. The number of nitrogens with one attached hydrogen (secondary N) is 3. The minimum Gasteiger partial charge on any atom is -0.382 e. The molecule has 0 aliphatic carbocycles. The number of fused-ring (bicyclic) bond motifs is 1. The van der Waals surface area contributed by atoms with E-state index in [9.17, 15) is 4.79 Å². The van der Waals surface area contributed by atoms with E-state index in [4.69, 9.17) is 0 Å². The van der Waals surface area contributed by atoms with Crippen molar-refractivity contribution in [3.05, 3.63) is 53.1 Å². The van der Waals surface area contributed by atoms with Crippen LogP contribution in [0.15, 0.2) is 36.4 Å². The predicted molar refractivity (Wildman–Crippen MR) is 87.3 cm³/mol. The smallest absolute Gasteiger partial charge is 0.257 e. The number of rotatable bonds is 2. The van der Waals surface area contributed by atoms with Gasteiger partial charge in [-0.25, -0.2) is 0 Å². The molecule has 2 aromatic carbocycles. The van der Waals surface area contributed by atoms with Crippen LogP contribution in [0.4, 0.5) is 17.1 Å². The first kappa shape index (κ1) is 13.5. The molecule has 3 rings (SSSR count). The van der Waals surface area contributed by atoms with Gasteiger partial charge in [0.15, 0.2) is 0 Å². The lowest BCUT2D eigenvalue weighted by molar-refractivity contribution is 0.102. The third-order valence-corrected chi connectivity index (χ3v) is 3.77. The zero-order chi connectivity index (χ0) is 14.8. The maximum atomic E-state index is 12.6. The molecule has 108 valence electrons. The highest BCUT2D eigenvalue weighted by Gasteiger charge is 2.18. The molecule has 0 atom stereocenters. The van der Waals surface area contributed by atoms with Gasteiger partial charge in [0, 0.05) is 18.8 Å². The van der Waals surface area contributed by atoms with Crippen molar-refractivity contribution in [3.63, 3.8) is 0 Å². The largest absolute Gasteiger partial charge is 0.382 e. The molecule has 2 aromatic rings. The molecule has 1 heterocycles. The summed E-state index contributed by atoms with van der Waals surface area (Å²) in [5, 5.41) is 9.64. The summed E-state index contributed by atoms with van der Waals surface area (Å²) in [4.78, 5) is 12.6. The SMILES string of the molecule is Cc1cccc(C)c1NC(=O)c1cccc2c1NCCN2. The fourth-order valence-electron chi connectivity index (χ4n) is 2.66. The number of aryl methyl sites for hydroxylation is 2. The summed E-state index contributed by atoms with van der Waals surface area (Å²) in [5.74, 6) is -0.0829. The number of benzene rings is 2. The summed E-state index contributed by atoms with van der Waals surface area (Å²) in [7, 11) is 0. The van der Waals surface area contributed by atoms with Crippen molar-refractivity contribution in [2.24, 2.45) is 0 Å². The predicted octanol–water partition coefficient (Wildman–Crippen LogP) is 3.39. The van der Waals surface area contributed by atoms with Crippen LogP contribution in [0, 0.1) is 13.8 Å². The fraction of sp³-hybridized carbons (Fsp3) is 0.235. The molecule has 3 N–H and O–H groups in total. The molecule has 1 aliphatic heterocycles. The van der Waals surface area contributed by atoms with Gasteiger partial charge < -0.3 is 16.0 Å². The molecule has 1 amide bonds. The summed E-state index contributed by atoms with van der Waals surface area (Å²) in [6, 6.07) is 11.7. The first-order valence-corrected chi connectivity index (χ1v) is 7.15. The first-order valence-electron chi connectivity index (χ1n) is 7.15. The second-order valence-electron chi connectivity index (χ2n) is 5.30. The highest BCUT2D eigenvalue weighted by molar-refractivity contribution is 6.10. The van der Waals surface area contributed by atoms with Crippen LogP contribution >= 0.6 is 0 Å². The minimum atomic E-state index is -0.0829. The molecule has 0 aromatic heterocycles. The van der Waals surface area contributed by atoms with Gasteiger partial charge in [-0.3, -0.25) is 4.79 Å². The van der Waals surface area contributed by atoms with Gasteiger partial charge in [-0.2, -0.15) is 0 Å². The van der Waals surface area contributed by atoms with Crippen LogP contribution in [-0.2, 0) is 0 Å². The lowest BCUT2D eigenvalue weighted by Crippen LogP contribution is -2.24. The van der Waals surface area contributed by atoms with E-state index in [1.165, 1.54) is 0 Å². The third kappa shape index (κ3) is 2.57. The number of hydrogen-bond acceptors (Lipinski definition) is 3. The van der Waals surface area contributed by atoms with Crippen LogP contribution < -0.4 is 16.0 Å². The number of anilines is 3. The van der Waals surface area contributed by atoms with Gasteiger partial charge in [-0.05, 0) is 37.1 Å². The average molecular weight is 281 g/mol. The van der Waals surface area contributed by atoms with Crippen LogP contribution in [0.5, 0.6) is 0 Å². The molecule has 21 heavy (non-hydrogen) atoms. The fourth-order valence-corrected chi connectivity index (χ4v) is 2.66. The van der Waals surface area contributed by atoms with Crippen LogP contribution in [0.3, 0.4) is 0 Å². The van der Waals surface area contributed by atoms with E-state index in [0.717, 1.165) is 41.3 Å². The van der Waals surface area contributed by atoms with Gasteiger partial charge in [0.25, 0.3) is 5.91 Å². The van der Waals surface area contributed by atoms with E-state index >= 15 is 0 Å². The van der Waals surface area contributed by atoms with Gasteiger partial charge in [0.05, 0.1) is 16.9 Å². The maximum Gasteiger partial charge on any atom is 0.257 e. The Morgan fingerprint density at radius 1 is 1.00 bits per heavy atom. The molecule has 0 spiro atoms. The molecule has 4 nitrogen and oxygen atoms in total. The van der Waals surface area contributed by atoms with Gasteiger partial charge >= 0.3 is 0 Å². The van der Waals surface area contributed by atoms with Crippen molar-refractivity contribution in [2.75, 3.05) is 29.0 Å². The van der Waals surface area contributed by atoms with E-state index < -0.39 is 0 Å². The summed E-state index contributed by atoms with van der Waals surface area (Å²) in [5.41, 5.74) is 5.56. The second-order valence-corrected chi connectivity index (χ2v) is 5.30. The molecule has 0 unspecified atom stereocenters. The minimum absolute atomic E-state index is 0.0829. The van der Waals surface area contributed by atoms with Crippen molar-refractivity contribution >= 4 is 23.0 Å². The molecule has 0 bridgehead atoms. The Kier molecular flexibility index (Phi) is 3.52. The summed E-state index contributed by atoms with van der Waals surface area (Å²) < 4.78 is 0. The van der Waals surface area contributed by atoms with Crippen LogP contribution in [0.2, 0.25) is 0 Å². The summed E-state index contributed by atoms with van der Waals surface area (Å²) >= 11 is 0. The van der Waals surface area contributed by atoms with Crippen LogP contribution in [0.25, 0.3) is 0 Å². The third-order valence-electron chi connectivity index (χ3n) is 3.77. The quantitative estimate of drug-likeness (QED) is 0.791. The maximum absolute atomic E-state index is 12.6. The summed E-state index contributed by atoms with van der Waals surface area (Å²) in [6.45, 7) is 5.70. The molecule has 0 saturated heterocycles.